The monoisotopic (exact) mass is 225 g/mol. The average molecular weight is 225 g/mol. The van der Waals surface area contributed by atoms with Gasteiger partial charge in [-0.1, -0.05) is 0 Å². The van der Waals surface area contributed by atoms with Crippen LogP contribution in [0.5, 0.6) is 0 Å². The van der Waals surface area contributed by atoms with Gasteiger partial charge in [-0.2, -0.15) is 11.3 Å². The molecule has 2 rings (SSSR count). The molecule has 1 aliphatic carbocycles. The molecule has 0 aromatic carbocycles. The lowest BCUT2D eigenvalue weighted by Crippen LogP contribution is -2.28. The van der Waals surface area contributed by atoms with Crippen LogP contribution in [0.2, 0.25) is 0 Å². The van der Waals surface area contributed by atoms with Gasteiger partial charge in [0.2, 0.25) is 0 Å². The normalized spacial score (nSPS) is 17.9. The predicted molar refractivity (Wildman–Crippen MR) is 64.4 cm³/mol. The van der Waals surface area contributed by atoms with Crippen LogP contribution in [0.1, 0.15) is 18.4 Å². The van der Waals surface area contributed by atoms with E-state index in [1.165, 1.54) is 24.8 Å². The Morgan fingerprint density at radius 2 is 2.40 bits per heavy atom. The number of rotatable bonds is 7. The van der Waals surface area contributed by atoms with Gasteiger partial charge in [0, 0.05) is 20.2 Å². The zero-order valence-electron chi connectivity index (χ0n) is 9.29. The summed E-state index contributed by atoms with van der Waals surface area (Å²) in [6, 6.07) is 2.25. The van der Waals surface area contributed by atoms with E-state index in [4.69, 9.17) is 4.74 Å². The Balaban J connectivity index is 1.71. The van der Waals surface area contributed by atoms with Crippen molar-refractivity contribution in [1.82, 2.24) is 5.32 Å². The van der Waals surface area contributed by atoms with Crippen LogP contribution in [0.15, 0.2) is 16.8 Å². The highest BCUT2D eigenvalue weighted by atomic mass is 32.1. The molecule has 1 N–H and O–H groups in total. The fourth-order valence-corrected chi connectivity index (χ4v) is 2.62. The first-order valence-electron chi connectivity index (χ1n) is 5.55. The molecule has 0 amide bonds. The minimum absolute atomic E-state index is 0.564. The van der Waals surface area contributed by atoms with Crippen molar-refractivity contribution in [3.63, 3.8) is 0 Å². The molecule has 1 aliphatic rings. The second kappa shape index (κ2) is 5.10. The van der Waals surface area contributed by atoms with Gasteiger partial charge in [-0.25, -0.2) is 0 Å². The minimum Gasteiger partial charge on any atom is -0.383 e. The van der Waals surface area contributed by atoms with Gasteiger partial charge < -0.3 is 10.1 Å². The average Bonchev–Trinajstić information content (AvgIpc) is 2.79. The van der Waals surface area contributed by atoms with Crippen LogP contribution in [-0.4, -0.2) is 26.8 Å². The van der Waals surface area contributed by atoms with Crippen molar-refractivity contribution >= 4 is 11.3 Å². The van der Waals surface area contributed by atoms with Crippen molar-refractivity contribution in [1.29, 1.82) is 0 Å². The van der Waals surface area contributed by atoms with E-state index in [2.05, 4.69) is 22.1 Å². The van der Waals surface area contributed by atoms with Crippen LogP contribution in [-0.2, 0) is 11.2 Å². The molecule has 1 aromatic heterocycles. The Morgan fingerprint density at radius 1 is 1.53 bits per heavy atom. The van der Waals surface area contributed by atoms with E-state index in [-0.39, 0.29) is 0 Å². The zero-order valence-corrected chi connectivity index (χ0v) is 10.1. The number of nitrogens with one attached hydrogen (secondary N) is 1. The molecule has 3 heteroatoms. The highest BCUT2D eigenvalue weighted by molar-refractivity contribution is 7.07. The van der Waals surface area contributed by atoms with E-state index in [0.29, 0.717) is 5.41 Å². The Labute approximate surface area is 95.6 Å². The van der Waals surface area contributed by atoms with Gasteiger partial charge in [0.1, 0.15) is 0 Å². The van der Waals surface area contributed by atoms with Crippen LogP contribution < -0.4 is 5.32 Å². The van der Waals surface area contributed by atoms with E-state index in [1.807, 2.05) is 0 Å². The summed E-state index contributed by atoms with van der Waals surface area (Å²) in [5.74, 6) is 0. The summed E-state index contributed by atoms with van der Waals surface area (Å²) in [5, 5.41) is 7.92. The first-order chi connectivity index (χ1) is 7.35. The van der Waals surface area contributed by atoms with Gasteiger partial charge in [-0.3, -0.25) is 0 Å². The number of ether oxygens (including phenoxy) is 1. The molecule has 0 saturated heterocycles. The van der Waals surface area contributed by atoms with Crippen LogP contribution in [0.4, 0.5) is 0 Å². The molecule has 2 nitrogen and oxygen atoms in total. The van der Waals surface area contributed by atoms with Gasteiger partial charge in [0.15, 0.2) is 0 Å². The first kappa shape index (κ1) is 11.1. The van der Waals surface area contributed by atoms with Gasteiger partial charge in [0.05, 0.1) is 6.61 Å². The molecule has 1 aromatic rings. The molecule has 1 saturated carbocycles. The molecule has 0 atom stereocenters. The van der Waals surface area contributed by atoms with Crippen molar-refractivity contribution in [3.8, 4) is 0 Å². The molecule has 15 heavy (non-hydrogen) atoms. The fraction of sp³-hybridized carbons (Fsp3) is 0.667. The van der Waals surface area contributed by atoms with Crippen LogP contribution in [0.25, 0.3) is 0 Å². The first-order valence-corrected chi connectivity index (χ1v) is 6.50. The van der Waals surface area contributed by atoms with Crippen LogP contribution >= 0.6 is 11.3 Å². The molecule has 0 unspecified atom stereocenters. The lowest BCUT2D eigenvalue weighted by atomic mass is 9.98. The lowest BCUT2D eigenvalue weighted by molar-refractivity contribution is 0.197. The summed E-state index contributed by atoms with van der Waals surface area (Å²) in [7, 11) is 1.75. The quantitative estimate of drug-likeness (QED) is 0.719. The molecule has 0 bridgehead atoms. The molecule has 0 radical (unpaired) electrons. The molecular weight excluding hydrogens is 206 g/mol. The lowest BCUT2D eigenvalue weighted by Gasteiger charge is -2.15. The summed E-state index contributed by atoms with van der Waals surface area (Å²) >= 11 is 1.80. The predicted octanol–water partition coefficient (Wildman–Crippen LogP) is 2.31. The number of hydrogen-bond acceptors (Lipinski definition) is 3. The summed E-state index contributed by atoms with van der Waals surface area (Å²) in [6.07, 6.45) is 4.00. The highest BCUT2D eigenvalue weighted by Crippen LogP contribution is 2.47. The second-order valence-corrected chi connectivity index (χ2v) is 5.26. The molecular formula is C12H19NOS. The molecule has 84 valence electrons. The van der Waals surface area contributed by atoms with E-state index in [9.17, 15) is 0 Å². The molecule has 0 spiro atoms. The Kier molecular flexibility index (Phi) is 3.78. The van der Waals surface area contributed by atoms with E-state index in [0.717, 1.165) is 19.7 Å². The standard InChI is InChI=1S/C12H19NOS/c1-14-6-5-13-10-12(3-4-12)8-11-2-7-15-9-11/h2,7,9,13H,3-6,8,10H2,1H3. The maximum Gasteiger partial charge on any atom is 0.0587 e. The van der Waals surface area contributed by atoms with Gasteiger partial charge >= 0.3 is 0 Å². The van der Waals surface area contributed by atoms with Gasteiger partial charge in [-0.15, -0.1) is 0 Å². The van der Waals surface area contributed by atoms with Crippen molar-refractivity contribution in [2.75, 3.05) is 26.8 Å². The Bertz CT molecular complexity index is 280. The van der Waals surface area contributed by atoms with Crippen molar-refractivity contribution in [3.05, 3.63) is 22.4 Å². The summed E-state index contributed by atoms with van der Waals surface area (Å²) in [4.78, 5) is 0. The van der Waals surface area contributed by atoms with Crippen LogP contribution in [0.3, 0.4) is 0 Å². The van der Waals surface area contributed by atoms with Crippen LogP contribution in [0, 0.1) is 5.41 Å². The Morgan fingerprint density at radius 3 is 3.00 bits per heavy atom. The number of thiophene rings is 1. The Hall–Kier alpha value is -0.380. The third-order valence-electron chi connectivity index (χ3n) is 3.10. The largest absolute Gasteiger partial charge is 0.383 e. The highest BCUT2D eigenvalue weighted by Gasteiger charge is 2.41. The number of methoxy groups -OCH3 is 1. The van der Waals surface area contributed by atoms with Gasteiger partial charge in [0.25, 0.3) is 0 Å². The fourth-order valence-electron chi connectivity index (χ4n) is 1.95. The minimum atomic E-state index is 0.564. The van der Waals surface area contributed by atoms with E-state index in [1.54, 1.807) is 18.4 Å². The molecule has 1 fully saturated rings. The third-order valence-corrected chi connectivity index (χ3v) is 3.83. The van der Waals surface area contributed by atoms with E-state index < -0.39 is 0 Å². The van der Waals surface area contributed by atoms with Gasteiger partial charge in [-0.05, 0) is 47.1 Å². The second-order valence-electron chi connectivity index (χ2n) is 4.48. The smallest absolute Gasteiger partial charge is 0.0587 e. The molecule has 1 heterocycles. The van der Waals surface area contributed by atoms with Crippen molar-refractivity contribution < 1.29 is 4.74 Å². The molecule has 0 aliphatic heterocycles. The topological polar surface area (TPSA) is 21.3 Å². The summed E-state index contributed by atoms with van der Waals surface area (Å²) in [6.45, 7) is 2.93. The summed E-state index contributed by atoms with van der Waals surface area (Å²) in [5.41, 5.74) is 2.07. The maximum atomic E-state index is 5.02. The van der Waals surface area contributed by atoms with Crippen molar-refractivity contribution in [2.45, 2.75) is 19.3 Å². The van der Waals surface area contributed by atoms with E-state index >= 15 is 0 Å². The summed E-state index contributed by atoms with van der Waals surface area (Å²) < 4.78 is 5.02. The van der Waals surface area contributed by atoms with Crippen molar-refractivity contribution in [2.24, 2.45) is 5.41 Å². The SMILES string of the molecule is COCCNCC1(Cc2ccsc2)CC1. The number of hydrogen-bond donors (Lipinski definition) is 1. The third kappa shape index (κ3) is 3.30. The zero-order chi connectivity index (χ0) is 10.6. The maximum absolute atomic E-state index is 5.02.